The van der Waals surface area contributed by atoms with Crippen LogP contribution in [0.2, 0.25) is 5.02 Å². The van der Waals surface area contributed by atoms with Crippen LogP contribution in [-0.2, 0) is 0 Å². The highest BCUT2D eigenvalue weighted by Gasteiger charge is 2.33. The standard InChI is InChI=1S/C18H19ClN2S/c1-10-7-13(12-5-6-22-14(12)9-20)16(19)15-11(2)8-18(3,4)21-17(10)15/h5-7,11,21H,8H2,1-4H3. The van der Waals surface area contributed by atoms with Gasteiger partial charge in [-0.2, -0.15) is 5.26 Å². The van der Waals surface area contributed by atoms with Gasteiger partial charge in [-0.15, -0.1) is 11.3 Å². The van der Waals surface area contributed by atoms with Crippen LogP contribution in [0.25, 0.3) is 11.1 Å². The molecule has 114 valence electrons. The number of benzene rings is 1. The Hall–Kier alpha value is -1.50. The fourth-order valence-corrected chi connectivity index (χ4v) is 4.64. The van der Waals surface area contributed by atoms with Crippen LogP contribution in [0.5, 0.6) is 0 Å². The Kier molecular flexibility index (Phi) is 3.71. The van der Waals surface area contributed by atoms with Crippen LogP contribution in [-0.4, -0.2) is 5.54 Å². The van der Waals surface area contributed by atoms with E-state index < -0.39 is 0 Å². The van der Waals surface area contributed by atoms with Crippen LogP contribution in [0.1, 0.15) is 49.1 Å². The van der Waals surface area contributed by atoms with Crippen LogP contribution >= 0.6 is 22.9 Å². The van der Waals surface area contributed by atoms with Gasteiger partial charge in [0.05, 0.1) is 5.02 Å². The van der Waals surface area contributed by atoms with Gasteiger partial charge >= 0.3 is 0 Å². The summed E-state index contributed by atoms with van der Waals surface area (Å²) in [4.78, 5) is 0.720. The SMILES string of the molecule is Cc1cc(-c2ccsc2C#N)c(Cl)c2c1NC(C)(C)CC2C. The molecule has 3 rings (SSSR count). The fourth-order valence-electron chi connectivity index (χ4n) is 3.51. The molecule has 22 heavy (non-hydrogen) atoms. The third kappa shape index (κ3) is 2.41. The molecule has 0 fully saturated rings. The number of hydrogen-bond donors (Lipinski definition) is 1. The van der Waals surface area contributed by atoms with Crippen LogP contribution in [0.15, 0.2) is 17.5 Å². The lowest BCUT2D eigenvalue weighted by Gasteiger charge is -2.39. The first-order chi connectivity index (χ1) is 10.3. The molecule has 1 aliphatic rings. The zero-order valence-electron chi connectivity index (χ0n) is 13.2. The van der Waals surface area contributed by atoms with Crippen molar-refractivity contribution in [3.8, 4) is 17.2 Å². The van der Waals surface area contributed by atoms with Gasteiger partial charge in [0.25, 0.3) is 0 Å². The minimum atomic E-state index is 0.0716. The van der Waals surface area contributed by atoms with E-state index in [1.165, 1.54) is 22.5 Å². The number of rotatable bonds is 1. The van der Waals surface area contributed by atoms with E-state index in [0.29, 0.717) is 5.92 Å². The smallest absolute Gasteiger partial charge is 0.112 e. The molecule has 1 atom stereocenters. The zero-order chi connectivity index (χ0) is 16.1. The van der Waals surface area contributed by atoms with E-state index in [4.69, 9.17) is 11.6 Å². The fraction of sp³-hybridized carbons (Fsp3) is 0.389. The van der Waals surface area contributed by atoms with Crippen molar-refractivity contribution < 1.29 is 0 Å². The van der Waals surface area contributed by atoms with Gasteiger partial charge in [-0.1, -0.05) is 18.5 Å². The van der Waals surface area contributed by atoms with Crippen molar-refractivity contribution in [2.45, 2.75) is 45.6 Å². The number of hydrogen-bond acceptors (Lipinski definition) is 3. The van der Waals surface area contributed by atoms with Gasteiger partial charge in [0, 0.05) is 22.4 Å². The maximum atomic E-state index is 9.29. The molecule has 2 nitrogen and oxygen atoms in total. The summed E-state index contributed by atoms with van der Waals surface area (Å²) >= 11 is 8.22. The second kappa shape index (κ2) is 5.30. The molecule has 1 aromatic carbocycles. The average Bonchev–Trinajstić information content (AvgIpc) is 2.89. The van der Waals surface area contributed by atoms with Crippen molar-refractivity contribution in [3.63, 3.8) is 0 Å². The van der Waals surface area contributed by atoms with Crippen LogP contribution in [0.4, 0.5) is 5.69 Å². The van der Waals surface area contributed by atoms with Gasteiger partial charge in [-0.05, 0) is 61.7 Å². The third-order valence-corrected chi connectivity index (χ3v) is 5.55. The molecule has 1 unspecified atom stereocenters. The summed E-state index contributed by atoms with van der Waals surface area (Å²) in [6, 6.07) is 6.36. The Morgan fingerprint density at radius 2 is 2.14 bits per heavy atom. The lowest BCUT2D eigenvalue weighted by atomic mass is 9.79. The molecular weight excluding hydrogens is 312 g/mol. The molecule has 2 aromatic rings. The third-order valence-electron chi connectivity index (χ3n) is 4.33. The Bertz CT molecular complexity index is 783. The van der Waals surface area contributed by atoms with Crippen molar-refractivity contribution in [2.24, 2.45) is 0 Å². The summed E-state index contributed by atoms with van der Waals surface area (Å²) in [5, 5.41) is 15.7. The van der Waals surface area contributed by atoms with Crippen molar-refractivity contribution in [1.29, 1.82) is 5.26 Å². The Morgan fingerprint density at radius 3 is 2.82 bits per heavy atom. The molecule has 1 N–H and O–H groups in total. The van der Waals surface area contributed by atoms with Gasteiger partial charge in [-0.25, -0.2) is 0 Å². The molecule has 2 heterocycles. The number of nitrogens with one attached hydrogen (secondary N) is 1. The highest BCUT2D eigenvalue weighted by atomic mass is 35.5. The first-order valence-electron chi connectivity index (χ1n) is 7.43. The topological polar surface area (TPSA) is 35.8 Å². The molecule has 0 spiro atoms. The molecule has 4 heteroatoms. The summed E-state index contributed by atoms with van der Waals surface area (Å²) in [5.41, 5.74) is 5.52. The molecule has 1 aliphatic heterocycles. The summed E-state index contributed by atoms with van der Waals surface area (Å²) < 4.78 is 0. The summed E-state index contributed by atoms with van der Waals surface area (Å²) in [6.45, 7) is 8.79. The van der Waals surface area contributed by atoms with Crippen LogP contribution < -0.4 is 5.32 Å². The number of anilines is 1. The van der Waals surface area contributed by atoms with Crippen molar-refractivity contribution >= 4 is 28.6 Å². The average molecular weight is 331 g/mol. The van der Waals surface area contributed by atoms with Crippen molar-refractivity contribution in [3.05, 3.63) is 38.5 Å². The molecule has 0 saturated carbocycles. The molecule has 1 aromatic heterocycles. The number of nitriles is 1. The van der Waals surface area contributed by atoms with Gasteiger partial charge in [0.2, 0.25) is 0 Å². The normalized spacial score (nSPS) is 19.2. The molecule has 0 amide bonds. The molecule has 0 aliphatic carbocycles. The molecular formula is C18H19ClN2S. The van der Waals surface area contributed by atoms with E-state index >= 15 is 0 Å². The van der Waals surface area contributed by atoms with E-state index in [-0.39, 0.29) is 5.54 Å². The highest BCUT2D eigenvalue weighted by molar-refractivity contribution is 7.11. The molecule has 0 radical (unpaired) electrons. The van der Waals surface area contributed by atoms with E-state index in [1.54, 1.807) is 0 Å². The maximum Gasteiger partial charge on any atom is 0.112 e. The molecule has 0 saturated heterocycles. The minimum Gasteiger partial charge on any atom is -0.380 e. The largest absolute Gasteiger partial charge is 0.380 e. The predicted molar refractivity (Wildman–Crippen MR) is 95.0 cm³/mol. The van der Waals surface area contributed by atoms with E-state index in [2.05, 4.69) is 45.1 Å². The van der Waals surface area contributed by atoms with E-state index in [9.17, 15) is 5.26 Å². The van der Waals surface area contributed by atoms with Gasteiger partial charge in [-0.3, -0.25) is 0 Å². The van der Waals surface area contributed by atoms with Crippen LogP contribution in [0, 0.1) is 18.3 Å². The number of halogens is 1. The first-order valence-corrected chi connectivity index (χ1v) is 8.69. The second-order valence-corrected chi connectivity index (χ2v) is 8.03. The Labute approximate surface area is 140 Å². The Morgan fingerprint density at radius 1 is 1.41 bits per heavy atom. The second-order valence-electron chi connectivity index (χ2n) is 6.73. The van der Waals surface area contributed by atoms with Crippen LogP contribution in [0.3, 0.4) is 0 Å². The van der Waals surface area contributed by atoms with Gasteiger partial charge < -0.3 is 5.32 Å². The molecule has 0 bridgehead atoms. The Balaban J connectivity index is 2.24. The van der Waals surface area contributed by atoms with E-state index in [0.717, 1.165) is 33.1 Å². The summed E-state index contributed by atoms with van der Waals surface area (Å²) in [7, 11) is 0. The predicted octanol–water partition coefficient (Wildman–Crippen LogP) is 5.95. The van der Waals surface area contributed by atoms with Gasteiger partial charge in [0.1, 0.15) is 10.9 Å². The highest BCUT2D eigenvalue weighted by Crippen LogP contribution is 2.48. The summed E-state index contributed by atoms with van der Waals surface area (Å²) in [6.07, 6.45) is 1.04. The van der Waals surface area contributed by atoms with E-state index in [1.807, 2.05) is 11.4 Å². The number of aryl methyl sites for hydroxylation is 1. The maximum absolute atomic E-state index is 9.29. The van der Waals surface area contributed by atoms with Crippen molar-refractivity contribution in [2.75, 3.05) is 5.32 Å². The quantitative estimate of drug-likeness (QED) is 0.701. The lowest BCUT2D eigenvalue weighted by Crippen LogP contribution is -2.37. The zero-order valence-corrected chi connectivity index (χ0v) is 14.8. The van der Waals surface area contributed by atoms with Gasteiger partial charge in [0.15, 0.2) is 0 Å². The first kappa shape index (κ1) is 15.4. The minimum absolute atomic E-state index is 0.0716. The summed E-state index contributed by atoms with van der Waals surface area (Å²) in [5.74, 6) is 0.390. The number of nitrogens with zero attached hydrogens (tertiary/aromatic N) is 1. The lowest BCUT2D eigenvalue weighted by molar-refractivity contribution is 0.454. The number of thiophene rings is 1. The monoisotopic (exact) mass is 330 g/mol. The number of fused-ring (bicyclic) bond motifs is 1. The van der Waals surface area contributed by atoms with Crippen molar-refractivity contribution in [1.82, 2.24) is 0 Å².